The second-order valence-electron chi connectivity index (χ2n) is 5.58. The maximum atomic E-state index is 12.2. The molecule has 0 bridgehead atoms. The molecule has 0 aliphatic heterocycles. The molecular weight excluding hydrogens is 286 g/mol. The molecule has 5 heteroatoms. The van der Waals surface area contributed by atoms with Crippen LogP contribution < -0.4 is 10.2 Å². The van der Waals surface area contributed by atoms with Crippen molar-refractivity contribution < 1.29 is 4.79 Å². The molecule has 2 rings (SSSR count). The summed E-state index contributed by atoms with van der Waals surface area (Å²) in [5, 5.41) is 2.96. The van der Waals surface area contributed by atoms with Gasteiger partial charge in [0.25, 0.3) is 0 Å². The van der Waals surface area contributed by atoms with E-state index in [9.17, 15) is 4.79 Å². The monoisotopic (exact) mass is 307 g/mol. The Bertz CT molecular complexity index is 458. The van der Waals surface area contributed by atoms with E-state index in [1.807, 2.05) is 6.08 Å². The fourth-order valence-corrected chi connectivity index (χ4v) is 3.24. The van der Waals surface area contributed by atoms with Crippen LogP contribution in [-0.2, 0) is 4.79 Å². The van der Waals surface area contributed by atoms with Gasteiger partial charge >= 0.3 is 0 Å². The van der Waals surface area contributed by atoms with E-state index >= 15 is 0 Å². The Morgan fingerprint density at radius 1 is 1.38 bits per heavy atom. The van der Waals surface area contributed by atoms with Crippen molar-refractivity contribution in [2.24, 2.45) is 11.8 Å². The summed E-state index contributed by atoms with van der Waals surface area (Å²) in [4.78, 5) is 19.0. The van der Waals surface area contributed by atoms with Gasteiger partial charge in [0.15, 0.2) is 0 Å². The number of nitrogens with zero attached hydrogens (tertiary/aromatic N) is 1. The predicted molar refractivity (Wildman–Crippen MR) is 85.9 cm³/mol. The number of rotatable bonds is 6. The summed E-state index contributed by atoms with van der Waals surface area (Å²) in [7, 11) is 0. The number of carbonyl (C=O) groups excluding carboxylic acids is 1. The van der Waals surface area contributed by atoms with E-state index in [1.54, 1.807) is 24.5 Å². The average molecular weight is 308 g/mol. The van der Waals surface area contributed by atoms with Crippen LogP contribution >= 0.6 is 11.8 Å². The molecule has 0 saturated heterocycles. The fraction of sp³-hybridized carbons (Fsp3) is 0.500. The summed E-state index contributed by atoms with van der Waals surface area (Å²) in [5.74, 6) is 0.721. The highest BCUT2D eigenvalue weighted by Gasteiger charge is 2.30. The Hall–Kier alpha value is -1.39. The Kier molecular flexibility index (Phi) is 6.21. The van der Waals surface area contributed by atoms with Gasteiger partial charge in [0, 0.05) is 30.0 Å². The lowest BCUT2D eigenvalue weighted by Gasteiger charge is -2.32. The molecule has 1 saturated carbocycles. The minimum absolute atomic E-state index is 0.0918. The standard InChI is InChI=1S/C16H22ClN3O/c1-2-3-15(20-17)12-4-6-13(7-5-12)16(21)19-14-8-10-18-11-9-14/h2,8-13,15,20H,1,3-7H2,(H,18,19,21). The van der Waals surface area contributed by atoms with Crippen LogP contribution in [0.2, 0.25) is 0 Å². The molecular formula is C16H22ClN3O. The lowest BCUT2D eigenvalue weighted by Crippen LogP contribution is -2.35. The van der Waals surface area contributed by atoms with Crippen LogP contribution in [-0.4, -0.2) is 16.9 Å². The zero-order chi connectivity index (χ0) is 15.1. The number of hydrogen-bond acceptors (Lipinski definition) is 3. The summed E-state index contributed by atoms with van der Waals surface area (Å²) in [6, 6.07) is 3.87. The average Bonchev–Trinajstić information content (AvgIpc) is 2.54. The Balaban J connectivity index is 1.83. The number of pyridine rings is 1. The first kappa shape index (κ1) is 16.0. The van der Waals surface area contributed by atoms with Crippen LogP contribution in [0.5, 0.6) is 0 Å². The number of aromatic nitrogens is 1. The molecule has 4 nitrogen and oxygen atoms in total. The third kappa shape index (κ3) is 4.55. The number of halogens is 1. The van der Waals surface area contributed by atoms with Crippen LogP contribution in [0.1, 0.15) is 32.1 Å². The van der Waals surface area contributed by atoms with Crippen LogP contribution in [0.15, 0.2) is 37.2 Å². The molecule has 0 radical (unpaired) electrons. The third-order valence-electron chi connectivity index (χ3n) is 4.22. The van der Waals surface area contributed by atoms with Crippen molar-refractivity contribution in [2.75, 3.05) is 5.32 Å². The summed E-state index contributed by atoms with van der Waals surface area (Å²) in [6.07, 6.45) is 9.97. The fourth-order valence-electron chi connectivity index (χ4n) is 2.97. The molecule has 1 fully saturated rings. The maximum absolute atomic E-state index is 12.2. The SMILES string of the molecule is C=CCC(NCl)C1CCC(C(=O)Nc2ccncc2)CC1. The number of nitrogens with one attached hydrogen (secondary N) is 2. The highest BCUT2D eigenvalue weighted by atomic mass is 35.5. The first-order valence-electron chi connectivity index (χ1n) is 7.42. The van der Waals surface area contributed by atoms with E-state index in [1.165, 1.54) is 0 Å². The summed E-state index contributed by atoms with van der Waals surface area (Å²) >= 11 is 5.80. The van der Waals surface area contributed by atoms with Gasteiger partial charge in [-0.2, -0.15) is 0 Å². The van der Waals surface area contributed by atoms with Crippen molar-refractivity contribution in [3.05, 3.63) is 37.2 Å². The zero-order valence-corrected chi connectivity index (χ0v) is 12.9. The van der Waals surface area contributed by atoms with Crippen LogP contribution in [0, 0.1) is 11.8 Å². The van der Waals surface area contributed by atoms with Gasteiger partial charge in [-0.3, -0.25) is 9.78 Å². The van der Waals surface area contributed by atoms with Crippen molar-refractivity contribution in [1.29, 1.82) is 0 Å². The number of amides is 1. The quantitative estimate of drug-likeness (QED) is 0.624. The normalized spacial score (nSPS) is 23.3. The summed E-state index contributed by atoms with van der Waals surface area (Å²) in [6.45, 7) is 3.77. The largest absolute Gasteiger partial charge is 0.326 e. The topological polar surface area (TPSA) is 54.0 Å². The van der Waals surface area contributed by atoms with Gasteiger partial charge in [-0.15, -0.1) is 6.58 Å². The number of carbonyl (C=O) groups is 1. The minimum Gasteiger partial charge on any atom is -0.326 e. The Morgan fingerprint density at radius 2 is 2.05 bits per heavy atom. The van der Waals surface area contributed by atoms with Gasteiger partial charge in [0.2, 0.25) is 5.91 Å². The van der Waals surface area contributed by atoms with Gasteiger partial charge < -0.3 is 5.32 Å². The van der Waals surface area contributed by atoms with Crippen LogP contribution in [0.25, 0.3) is 0 Å². The van der Waals surface area contributed by atoms with Crippen molar-refractivity contribution in [3.63, 3.8) is 0 Å². The molecule has 1 aliphatic rings. The van der Waals surface area contributed by atoms with Gasteiger partial charge in [-0.25, -0.2) is 4.84 Å². The molecule has 1 aromatic rings. The predicted octanol–water partition coefficient (Wildman–Crippen LogP) is 3.51. The molecule has 114 valence electrons. The van der Waals surface area contributed by atoms with Gasteiger partial charge in [-0.05, 0) is 61.9 Å². The smallest absolute Gasteiger partial charge is 0.227 e. The van der Waals surface area contributed by atoms with Crippen molar-refractivity contribution in [3.8, 4) is 0 Å². The van der Waals surface area contributed by atoms with Crippen LogP contribution in [0.3, 0.4) is 0 Å². The molecule has 1 unspecified atom stereocenters. The second-order valence-corrected chi connectivity index (χ2v) is 5.80. The lowest BCUT2D eigenvalue weighted by molar-refractivity contribution is -0.121. The third-order valence-corrected chi connectivity index (χ3v) is 4.50. The summed E-state index contributed by atoms with van der Waals surface area (Å²) in [5.41, 5.74) is 0.809. The Labute approximate surface area is 131 Å². The van der Waals surface area contributed by atoms with Gasteiger partial charge in [0.1, 0.15) is 0 Å². The van der Waals surface area contributed by atoms with Gasteiger partial charge in [-0.1, -0.05) is 6.08 Å². The molecule has 0 aromatic carbocycles. The molecule has 2 N–H and O–H groups in total. The van der Waals surface area contributed by atoms with Crippen molar-refractivity contribution in [2.45, 2.75) is 38.1 Å². The molecule has 1 atom stereocenters. The highest BCUT2D eigenvalue weighted by Crippen LogP contribution is 2.32. The van der Waals surface area contributed by atoms with Crippen molar-refractivity contribution in [1.82, 2.24) is 9.82 Å². The van der Waals surface area contributed by atoms with E-state index in [4.69, 9.17) is 11.8 Å². The summed E-state index contributed by atoms with van der Waals surface area (Å²) < 4.78 is 0. The molecule has 0 spiro atoms. The molecule has 1 heterocycles. The lowest BCUT2D eigenvalue weighted by atomic mass is 9.77. The second kappa shape index (κ2) is 8.15. The highest BCUT2D eigenvalue weighted by molar-refractivity contribution is 6.13. The van der Waals surface area contributed by atoms with E-state index in [0.717, 1.165) is 37.8 Å². The molecule has 1 aliphatic carbocycles. The van der Waals surface area contributed by atoms with E-state index in [-0.39, 0.29) is 17.9 Å². The maximum Gasteiger partial charge on any atom is 0.227 e. The number of hydrogen-bond donors (Lipinski definition) is 2. The molecule has 1 amide bonds. The van der Waals surface area contributed by atoms with Crippen LogP contribution in [0.4, 0.5) is 5.69 Å². The van der Waals surface area contributed by atoms with E-state index < -0.39 is 0 Å². The molecule has 21 heavy (non-hydrogen) atoms. The van der Waals surface area contributed by atoms with E-state index in [2.05, 4.69) is 21.7 Å². The van der Waals surface area contributed by atoms with Crippen molar-refractivity contribution >= 4 is 23.4 Å². The minimum atomic E-state index is 0.0918. The Morgan fingerprint density at radius 3 is 2.62 bits per heavy atom. The first-order chi connectivity index (χ1) is 10.2. The molecule has 1 aromatic heterocycles. The van der Waals surface area contributed by atoms with Gasteiger partial charge in [0.05, 0.1) is 0 Å². The zero-order valence-electron chi connectivity index (χ0n) is 12.1. The van der Waals surface area contributed by atoms with E-state index in [0.29, 0.717) is 5.92 Å². The first-order valence-corrected chi connectivity index (χ1v) is 7.80. The number of anilines is 1.